The smallest absolute Gasteiger partial charge is 0.425 e. The van der Waals surface area contributed by atoms with Gasteiger partial charge in [0.25, 0.3) is 12.9 Å². The van der Waals surface area contributed by atoms with Crippen LogP contribution in [-0.2, 0) is 39.2 Å². The standard InChI is InChI=1S/C19H17F3O3.C19H19F3O.C18H15F3O3.C3H9B.6C2H6.2CH4.3H2/c1-4-12-10(2)16-15(17(11(12)3)25-9-23)13-7-5-6-8-14(13)18(16,24)19(20,21)22;1-5-13-10(2)11(3)16-14-8-6-7-9-15(14)18(23,19(20,21)22)17(16)12(13)4;1-9-10(2)15-14(16(11(9)3)24-8-22)12-6-4-5-7-13(12)17(15,23)18(19,20)21;1-4(2)3;6*1-2;;;;;/h5-9,24H,4H2,1-3H3;6-9,23H,5H2,1-4H3;4-8,23H,1-3H3;1-3H3;6*1-2H3;2*1H4;3*1H/i;;;;;;;;;;;;3*1+2. The van der Waals surface area contributed by atoms with E-state index in [9.17, 15) is 64.4 Å². The average Bonchev–Trinajstić information content (AvgIpc) is 1.57. The monoisotopic (exact) mass is 1290 g/mol. The molecule has 0 fully saturated rings. The third-order valence-corrected chi connectivity index (χ3v) is 15.0. The Morgan fingerprint density at radius 3 is 0.922 bits per heavy atom. The van der Waals surface area contributed by atoms with Crippen LogP contribution < -0.4 is 9.47 Å². The Bertz CT molecular complexity index is 3290. The molecule has 6 aromatic rings. The van der Waals surface area contributed by atoms with Crippen LogP contribution in [0.1, 0.15) is 205 Å². The van der Waals surface area contributed by atoms with Crippen molar-refractivity contribution in [2.45, 2.75) is 236 Å². The molecule has 0 amide bonds. The summed E-state index contributed by atoms with van der Waals surface area (Å²) in [7, 11) is 0. The third kappa shape index (κ3) is 15.7. The van der Waals surface area contributed by atoms with Crippen molar-refractivity contribution >= 4 is 19.7 Å². The second kappa shape index (κ2) is 36.6. The fraction of sp³-hybridized carbons (Fsp3) is 0.479. The first-order chi connectivity index (χ1) is 41.2. The van der Waals surface area contributed by atoms with E-state index in [4.69, 9.17) is 9.47 Å². The molecule has 510 valence electrons. The van der Waals surface area contributed by atoms with Crippen molar-refractivity contribution in [3.8, 4) is 44.9 Å². The lowest BCUT2D eigenvalue weighted by atomic mass is 9.58. The number of fused-ring (bicyclic) bond motifs is 9. The van der Waals surface area contributed by atoms with Crippen LogP contribution >= 0.6 is 0 Å². The summed E-state index contributed by atoms with van der Waals surface area (Å²) in [6, 6.07) is 17.9. The first kappa shape index (κ1) is 87.8. The fourth-order valence-electron chi connectivity index (χ4n) is 11.4. The van der Waals surface area contributed by atoms with Gasteiger partial charge in [-0.05, 0) is 146 Å². The molecular weight excluding hydrogens is 1170 g/mol. The summed E-state index contributed by atoms with van der Waals surface area (Å²) in [4.78, 5) is 21.9. The normalized spacial score (nSPS) is 16.0. The van der Waals surface area contributed by atoms with Gasteiger partial charge in [-0.2, -0.15) is 39.5 Å². The molecule has 0 spiro atoms. The van der Waals surface area contributed by atoms with Crippen molar-refractivity contribution in [1.82, 2.24) is 0 Å². The van der Waals surface area contributed by atoms with E-state index < -0.39 is 35.3 Å². The van der Waals surface area contributed by atoms with Crippen LogP contribution in [0.2, 0.25) is 20.5 Å². The molecule has 3 aliphatic rings. The van der Waals surface area contributed by atoms with Crippen molar-refractivity contribution in [3.05, 3.63) is 162 Å². The number of aliphatic hydroxyl groups is 3. The maximum Gasteiger partial charge on any atom is 0.425 e. The summed E-state index contributed by atoms with van der Waals surface area (Å²) < 4.78 is 135. The zero-order valence-electron chi connectivity index (χ0n) is 56.5. The molecule has 0 radical (unpaired) electrons. The van der Waals surface area contributed by atoms with Gasteiger partial charge in [0.15, 0.2) is 0 Å². The van der Waals surface area contributed by atoms with E-state index in [1.165, 1.54) is 49.4 Å². The Labute approximate surface area is 538 Å². The number of alkyl halides is 9. The number of rotatable bonds is 6. The molecule has 90 heavy (non-hydrogen) atoms. The highest BCUT2D eigenvalue weighted by Gasteiger charge is 2.64. The van der Waals surface area contributed by atoms with Crippen LogP contribution in [0.15, 0.2) is 72.8 Å². The van der Waals surface area contributed by atoms with Crippen molar-refractivity contribution in [1.29, 1.82) is 0 Å². The highest BCUT2D eigenvalue weighted by Crippen LogP contribution is 2.62. The highest BCUT2D eigenvalue weighted by molar-refractivity contribution is 6.54. The van der Waals surface area contributed by atoms with E-state index in [0.29, 0.717) is 62.9 Å². The predicted molar refractivity (Wildman–Crippen MR) is 364 cm³/mol. The van der Waals surface area contributed by atoms with E-state index in [2.05, 4.69) is 20.5 Å². The van der Waals surface area contributed by atoms with E-state index in [0.717, 1.165) is 23.4 Å². The van der Waals surface area contributed by atoms with Crippen LogP contribution in [-0.4, -0.2) is 53.5 Å². The van der Waals surface area contributed by atoms with Crippen molar-refractivity contribution < 1.29 is 78.2 Å². The van der Waals surface area contributed by atoms with Crippen LogP contribution in [0.3, 0.4) is 0 Å². The second-order valence-electron chi connectivity index (χ2n) is 20.0. The molecule has 0 aromatic heterocycles. The summed E-state index contributed by atoms with van der Waals surface area (Å²) >= 11 is 0. The zero-order chi connectivity index (χ0) is 69.2. The van der Waals surface area contributed by atoms with Gasteiger partial charge in [0.05, 0.1) is 0 Å². The molecular formula is C73H110BF9O7. The van der Waals surface area contributed by atoms with Crippen molar-refractivity contribution in [3.63, 3.8) is 0 Å². The number of carbonyl (C=O) groups excluding carboxylic acids is 2. The maximum atomic E-state index is 14.0. The minimum Gasteiger partial charge on any atom is -0.428 e. The number of benzene rings is 6. The number of halogens is 9. The molecule has 0 saturated carbocycles. The number of hydrogen-bond donors (Lipinski definition) is 3. The minimum absolute atomic E-state index is 0. The molecule has 9 rings (SSSR count). The molecule has 3 unspecified atom stereocenters. The number of carbonyl (C=O) groups is 2. The quantitative estimate of drug-likeness (QED) is 0.0865. The Morgan fingerprint density at radius 1 is 0.400 bits per heavy atom. The molecule has 7 nitrogen and oxygen atoms in total. The SMILES string of the molecule is C.C.CB(C)C.CC.CC.CC.CC.CC.CC.CCc1c(C)c(C)c2c(c1C)C(O)(C(F)(F)F)c1ccccc1-2.CCc1c(C)c(OC=O)c2c(c1C)C(O)(C(F)(F)F)c1ccccc1-2.Cc1c(C)c(OC=O)c2c(c1C)C(O)(C(F)(F)F)c1ccccc1-2.[3HH].[3HH].[3HH]. The van der Waals surface area contributed by atoms with Gasteiger partial charge in [-0.3, -0.25) is 9.59 Å². The first-order valence-electron chi connectivity index (χ1n) is 30.6. The Kier molecular flexibility index (Phi) is 35.7. The molecule has 0 aliphatic heterocycles. The molecule has 3 atom stereocenters. The van der Waals surface area contributed by atoms with Crippen LogP contribution in [0.25, 0.3) is 33.4 Å². The summed E-state index contributed by atoms with van der Waals surface area (Å²) in [5.74, 6) is 0.121. The number of hydrogen-bond acceptors (Lipinski definition) is 7. The van der Waals surface area contributed by atoms with Gasteiger partial charge in [0.2, 0.25) is 16.8 Å². The van der Waals surface area contributed by atoms with Crippen LogP contribution in [0.4, 0.5) is 39.5 Å². The summed E-state index contributed by atoms with van der Waals surface area (Å²) in [5, 5.41) is 32.4. The topological polar surface area (TPSA) is 113 Å². The molecule has 3 aliphatic carbocycles. The zero-order valence-corrected chi connectivity index (χ0v) is 56.5. The van der Waals surface area contributed by atoms with E-state index >= 15 is 0 Å². The Balaban J connectivity index is -0.000000268. The van der Waals surface area contributed by atoms with Crippen molar-refractivity contribution in [2.75, 3.05) is 0 Å². The van der Waals surface area contributed by atoms with E-state index in [1.807, 2.05) is 104 Å². The van der Waals surface area contributed by atoms with Gasteiger partial charge in [-0.1, -0.05) is 205 Å². The summed E-state index contributed by atoms with van der Waals surface area (Å²) in [5.41, 5.74) is -2.29. The lowest BCUT2D eigenvalue weighted by Gasteiger charge is -2.31. The van der Waals surface area contributed by atoms with Crippen LogP contribution in [0.5, 0.6) is 11.5 Å². The maximum absolute atomic E-state index is 14.0. The Hall–Kier alpha value is -6.43. The highest BCUT2D eigenvalue weighted by atomic mass is 19.4. The predicted octanol–water partition coefficient (Wildman–Crippen LogP) is 22.6. The largest absolute Gasteiger partial charge is 0.428 e. The van der Waals surface area contributed by atoms with E-state index in [-0.39, 0.29) is 99.2 Å². The minimum atomic E-state index is -4.92. The van der Waals surface area contributed by atoms with Gasteiger partial charge in [-0.15, -0.1) is 0 Å². The van der Waals surface area contributed by atoms with Crippen molar-refractivity contribution in [2.24, 2.45) is 0 Å². The molecule has 3 N–H and O–H groups in total. The lowest BCUT2D eigenvalue weighted by Crippen LogP contribution is -2.42. The third-order valence-electron chi connectivity index (χ3n) is 15.0. The molecule has 6 aromatic carbocycles. The average molecular weight is 1290 g/mol. The number of ether oxygens (including phenoxy) is 2. The molecule has 0 heterocycles. The Morgan fingerprint density at radius 2 is 0.644 bits per heavy atom. The van der Waals surface area contributed by atoms with Gasteiger partial charge in [0, 0.05) is 48.8 Å². The second-order valence-corrected chi connectivity index (χ2v) is 20.0. The van der Waals surface area contributed by atoms with Gasteiger partial charge in [0.1, 0.15) is 18.2 Å². The van der Waals surface area contributed by atoms with Gasteiger partial charge >= 0.3 is 18.5 Å². The van der Waals surface area contributed by atoms with Gasteiger partial charge < -0.3 is 24.8 Å². The summed E-state index contributed by atoms with van der Waals surface area (Å²) in [6.07, 6.45) is -13.5. The first-order valence-corrected chi connectivity index (χ1v) is 30.6. The fourth-order valence-corrected chi connectivity index (χ4v) is 11.4. The van der Waals surface area contributed by atoms with Crippen LogP contribution in [0, 0.1) is 55.4 Å². The summed E-state index contributed by atoms with van der Waals surface area (Å²) in [6.45, 7) is 49.0. The molecule has 0 bridgehead atoms. The van der Waals surface area contributed by atoms with Gasteiger partial charge in [-0.25, -0.2) is 0 Å². The molecule has 17 heteroatoms. The van der Waals surface area contributed by atoms with E-state index in [1.54, 1.807) is 71.9 Å². The lowest BCUT2D eigenvalue weighted by molar-refractivity contribution is -0.247. The molecule has 0 saturated heterocycles.